The number of aliphatic carboxylic acids is 2. The second-order valence-electron chi connectivity index (χ2n) is 14.4. The van der Waals surface area contributed by atoms with E-state index in [0.717, 1.165) is 25.7 Å². The molecule has 4 aliphatic carbocycles. The fourth-order valence-corrected chi connectivity index (χ4v) is 10.8. The van der Waals surface area contributed by atoms with Gasteiger partial charge >= 0.3 is 11.9 Å². The van der Waals surface area contributed by atoms with Crippen molar-refractivity contribution in [2.45, 2.75) is 106 Å². The fraction of sp³-hybridized carbons (Fsp3) is 0.867. The second kappa shape index (κ2) is 7.84. The van der Waals surface area contributed by atoms with Crippen LogP contribution in [0.2, 0.25) is 0 Å². The van der Waals surface area contributed by atoms with Crippen LogP contribution in [0.4, 0.5) is 0 Å². The smallest absolute Gasteiger partial charge is 0.309 e. The number of rotatable bonds is 5. The average molecular weight is 473 g/mol. The van der Waals surface area contributed by atoms with E-state index >= 15 is 0 Å². The van der Waals surface area contributed by atoms with Crippen molar-refractivity contribution in [2.24, 2.45) is 56.7 Å². The van der Waals surface area contributed by atoms with Gasteiger partial charge in [-0.15, -0.1) is 0 Å². The summed E-state index contributed by atoms with van der Waals surface area (Å²) in [5, 5.41) is 20.1. The van der Waals surface area contributed by atoms with Gasteiger partial charge in [0.2, 0.25) is 0 Å². The van der Waals surface area contributed by atoms with Crippen molar-refractivity contribution in [2.75, 3.05) is 0 Å². The van der Waals surface area contributed by atoms with E-state index in [1.165, 1.54) is 31.3 Å². The number of carboxylic acid groups (broad SMARTS) is 2. The summed E-state index contributed by atoms with van der Waals surface area (Å²) in [5.41, 5.74) is 0.437. The van der Waals surface area contributed by atoms with Crippen LogP contribution in [0.25, 0.3) is 0 Å². The topological polar surface area (TPSA) is 74.6 Å². The van der Waals surface area contributed by atoms with Crippen molar-refractivity contribution in [1.82, 2.24) is 0 Å². The van der Waals surface area contributed by atoms with Crippen molar-refractivity contribution in [3.63, 3.8) is 0 Å². The zero-order valence-electron chi connectivity index (χ0n) is 22.7. The highest BCUT2D eigenvalue weighted by Crippen LogP contribution is 2.76. The van der Waals surface area contributed by atoms with Gasteiger partial charge in [-0.3, -0.25) is 9.59 Å². The maximum absolute atomic E-state index is 12.3. The number of hydrogen-bond acceptors (Lipinski definition) is 2. The monoisotopic (exact) mass is 472 g/mol. The van der Waals surface area contributed by atoms with Gasteiger partial charge in [0.15, 0.2) is 0 Å². The van der Waals surface area contributed by atoms with Crippen LogP contribution in [0.5, 0.6) is 0 Å². The van der Waals surface area contributed by atoms with E-state index in [9.17, 15) is 19.8 Å². The normalized spacial score (nSPS) is 48.4. The molecule has 192 valence electrons. The lowest BCUT2D eigenvalue weighted by Crippen LogP contribution is -2.65. The van der Waals surface area contributed by atoms with Gasteiger partial charge in [0.05, 0.1) is 11.8 Å². The Labute approximate surface area is 207 Å². The molecule has 2 N–H and O–H groups in total. The van der Waals surface area contributed by atoms with Crippen LogP contribution in [-0.4, -0.2) is 22.2 Å². The number of allylic oxidation sites excluding steroid dienone is 1. The van der Waals surface area contributed by atoms with Crippen molar-refractivity contribution in [3.05, 3.63) is 12.2 Å². The van der Waals surface area contributed by atoms with Crippen LogP contribution in [0.15, 0.2) is 12.2 Å². The molecule has 0 heterocycles. The van der Waals surface area contributed by atoms with Crippen LogP contribution in [-0.2, 0) is 9.59 Å². The predicted molar refractivity (Wildman–Crippen MR) is 135 cm³/mol. The molecule has 4 saturated carbocycles. The molecule has 0 amide bonds. The van der Waals surface area contributed by atoms with Gasteiger partial charge in [-0.2, -0.15) is 0 Å². The minimum absolute atomic E-state index is 0.0226. The molecule has 0 radical (unpaired) electrons. The second-order valence-corrected chi connectivity index (χ2v) is 14.4. The Kier molecular flexibility index (Phi) is 5.94. The Morgan fingerprint density at radius 2 is 1.56 bits per heavy atom. The number of fused-ring (bicyclic) bond motifs is 5. The summed E-state index contributed by atoms with van der Waals surface area (Å²) in [4.78, 5) is 24.5. The van der Waals surface area contributed by atoms with E-state index in [1.807, 2.05) is 13.8 Å². The minimum Gasteiger partial charge on any atom is -0.481 e. The van der Waals surface area contributed by atoms with E-state index in [-0.39, 0.29) is 29.1 Å². The molecule has 0 bridgehead atoms. The largest absolute Gasteiger partial charge is 0.481 e. The maximum Gasteiger partial charge on any atom is 0.309 e. The van der Waals surface area contributed by atoms with Crippen molar-refractivity contribution >= 4 is 11.9 Å². The minimum atomic E-state index is -0.940. The first-order valence-electron chi connectivity index (χ1n) is 13.7. The summed E-state index contributed by atoms with van der Waals surface area (Å²) in [6.45, 7) is 19.9. The molecule has 4 aliphatic rings. The molecule has 0 spiro atoms. The molecular weight excluding hydrogens is 424 g/mol. The maximum atomic E-state index is 12.3. The summed E-state index contributed by atoms with van der Waals surface area (Å²) in [6, 6.07) is 0. The molecule has 9 atom stereocenters. The summed E-state index contributed by atoms with van der Waals surface area (Å²) >= 11 is 0. The molecule has 4 nitrogen and oxygen atoms in total. The van der Waals surface area contributed by atoms with Crippen LogP contribution in [0.1, 0.15) is 106 Å². The lowest BCUT2D eigenvalue weighted by atomic mass is 9.33. The average Bonchev–Trinajstić information content (AvgIpc) is 3.06. The number of carbonyl (C=O) groups is 2. The third kappa shape index (κ3) is 3.29. The highest BCUT2D eigenvalue weighted by atomic mass is 16.4. The third-order valence-electron chi connectivity index (χ3n) is 12.7. The molecule has 0 saturated heterocycles. The van der Waals surface area contributed by atoms with E-state index in [0.29, 0.717) is 23.2 Å². The van der Waals surface area contributed by atoms with Crippen molar-refractivity contribution in [1.29, 1.82) is 0 Å². The van der Waals surface area contributed by atoms with Crippen molar-refractivity contribution < 1.29 is 19.8 Å². The summed E-state index contributed by atoms with van der Waals surface area (Å²) in [6.07, 6.45) is 9.02. The molecule has 4 rings (SSSR count). The zero-order chi connectivity index (χ0) is 25.5. The van der Waals surface area contributed by atoms with Gasteiger partial charge in [-0.25, -0.2) is 0 Å². The molecule has 0 aromatic heterocycles. The van der Waals surface area contributed by atoms with Gasteiger partial charge < -0.3 is 10.2 Å². The van der Waals surface area contributed by atoms with E-state index in [4.69, 9.17) is 0 Å². The molecule has 4 fully saturated rings. The zero-order valence-corrected chi connectivity index (χ0v) is 22.7. The Morgan fingerprint density at radius 1 is 0.912 bits per heavy atom. The SMILES string of the molecule is C=C(C)[C@@H]1CC[C@]2(C)CC[C@]3(C)[C@@H](CC[C@@H]4[C@@](C)(CC(=O)O)[C@H](C(C)(C)C(=O)O)CC[C@]43C)[C@H]12. The molecule has 0 aromatic carbocycles. The third-order valence-corrected chi connectivity index (χ3v) is 12.7. The lowest BCUT2D eigenvalue weighted by Gasteiger charge is -2.71. The molecular formula is C30H48O4. The summed E-state index contributed by atoms with van der Waals surface area (Å²) in [5.74, 6) is 0.387. The quantitative estimate of drug-likeness (QED) is 0.408. The van der Waals surface area contributed by atoms with Gasteiger partial charge in [0, 0.05) is 0 Å². The Bertz CT molecular complexity index is 890. The molecule has 0 aromatic rings. The van der Waals surface area contributed by atoms with Crippen LogP contribution in [0.3, 0.4) is 0 Å². The number of hydrogen-bond donors (Lipinski definition) is 2. The summed E-state index contributed by atoms with van der Waals surface area (Å²) < 4.78 is 0. The van der Waals surface area contributed by atoms with Gasteiger partial charge in [-0.1, -0.05) is 39.8 Å². The first-order valence-corrected chi connectivity index (χ1v) is 13.7. The Balaban J connectivity index is 1.79. The Hall–Kier alpha value is -1.32. The van der Waals surface area contributed by atoms with Gasteiger partial charge in [0.1, 0.15) is 0 Å². The molecule has 0 unspecified atom stereocenters. The Morgan fingerprint density at radius 3 is 2.12 bits per heavy atom. The van der Waals surface area contributed by atoms with E-state index < -0.39 is 22.8 Å². The van der Waals surface area contributed by atoms with Crippen LogP contribution < -0.4 is 0 Å². The lowest BCUT2D eigenvalue weighted by molar-refractivity contribution is -0.230. The van der Waals surface area contributed by atoms with E-state index in [1.54, 1.807) is 0 Å². The van der Waals surface area contributed by atoms with Crippen molar-refractivity contribution in [3.8, 4) is 0 Å². The standard InChI is InChI=1S/C30H48O4/c1-18(2)19-11-13-27(5)15-16-29(7)20(24(19)27)9-10-22-28(6,17-23(31)32)21(12-14-30(22,29)8)26(3,4)25(33)34/h19-22,24H,1,9-17H2,2-8H3,(H,31,32)(H,33,34)/t19-,20-,21-,22+,24-,27+,28-,29+,30+/m0/s1. The van der Waals surface area contributed by atoms with Crippen LogP contribution >= 0.6 is 0 Å². The van der Waals surface area contributed by atoms with Gasteiger partial charge in [0.25, 0.3) is 0 Å². The number of carboxylic acids is 2. The predicted octanol–water partition coefficient (Wildman–Crippen LogP) is 7.43. The first kappa shape index (κ1) is 25.8. The molecule has 34 heavy (non-hydrogen) atoms. The van der Waals surface area contributed by atoms with Crippen LogP contribution in [0, 0.1) is 56.7 Å². The summed E-state index contributed by atoms with van der Waals surface area (Å²) in [7, 11) is 0. The van der Waals surface area contributed by atoms with E-state index in [2.05, 4.69) is 41.2 Å². The molecule has 4 heteroatoms. The highest BCUT2D eigenvalue weighted by molar-refractivity contribution is 5.75. The highest BCUT2D eigenvalue weighted by Gasteiger charge is 2.70. The van der Waals surface area contributed by atoms with Gasteiger partial charge in [-0.05, 0) is 123 Å². The fourth-order valence-electron chi connectivity index (χ4n) is 10.8. The first-order chi connectivity index (χ1) is 15.5. The molecule has 0 aliphatic heterocycles.